The Morgan fingerprint density at radius 1 is 0.964 bits per heavy atom. The van der Waals surface area contributed by atoms with E-state index in [1.54, 1.807) is 24.3 Å². The van der Waals surface area contributed by atoms with Crippen LogP contribution in [0.3, 0.4) is 0 Å². The lowest BCUT2D eigenvalue weighted by Gasteiger charge is -2.68. The second-order valence-corrected chi connectivity index (χ2v) is 18.3. The van der Waals surface area contributed by atoms with Gasteiger partial charge in [0.25, 0.3) is 0 Å². The molecule has 12 nitrogen and oxygen atoms in total. The van der Waals surface area contributed by atoms with Crippen LogP contribution in [0.2, 0.25) is 0 Å². The van der Waals surface area contributed by atoms with Crippen molar-refractivity contribution >= 4 is 33.2 Å². The molecule has 0 radical (unpaired) electrons. The van der Waals surface area contributed by atoms with Gasteiger partial charge in [-0.1, -0.05) is 70.1 Å². The number of rotatable bonds is 4. The molecule has 2 spiro atoms. The van der Waals surface area contributed by atoms with Crippen molar-refractivity contribution in [2.75, 3.05) is 24.8 Å². The molecule has 3 fully saturated rings. The standard InChI is InChI=1S/C41H44N2O10S2/c44-18-24-4-1-3-22(11-24)12-25-14-29-34(47)28-5-2-6-30-33(28)35(48)38(29,31(46)15-25)20-54-55-21-43-32-16-23(8-10-42-32)13-27-17-26-7-9-40(52-30)37(50)41(27,51)36(49)39(26,19-45)53-40/h1-6,8,11,14-16,26-27,29,36-37,42-46,49-51H,7,9-10,12-13,17-21H2/t26-,27+,29-,36-,37+,38+,39+,40-,41+/m1/s1. The van der Waals surface area contributed by atoms with Gasteiger partial charge in [-0.25, -0.2) is 0 Å². The second kappa shape index (κ2) is 13.5. The van der Waals surface area contributed by atoms with Gasteiger partial charge in [0.1, 0.15) is 34.2 Å². The summed E-state index contributed by atoms with van der Waals surface area (Å²) in [5.74, 6) is -4.12. The number of carbonyl (C=O) groups excluding carboxylic acids is 2. The van der Waals surface area contributed by atoms with Crippen LogP contribution in [0.4, 0.5) is 0 Å². The molecule has 8 N–H and O–H groups in total. The fourth-order valence-corrected chi connectivity index (χ4v) is 12.5. The van der Waals surface area contributed by atoms with Crippen LogP contribution in [0.25, 0.3) is 0 Å². The Bertz CT molecular complexity index is 2090. The minimum atomic E-state index is -2.17. The maximum atomic E-state index is 15.2. The van der Waals surface area contributed by atoms with Gasteiger partial charge in [0, 0.05) is 24.3 Å². The Balaban J connectivity index is 1.18. The van der Waals surface area contributed by atoms with E-state index >= 15 is 4.79 Å². The van der Waals surface area contributed by atoms with E-state index in [-0.39, 0.29) is 53.1 Å². The Hall–Kier alpha value is -3.60. The number of hydrogen-bond donors (Lipinski definition) is 8. The summed E-state index contributed by atoms with van der Waals surface area (Å²) in [6.45, 7) is -0.261. The molecule has 7 aliphatic rings. The quantitative estimate of drug-likeness (QED) is 0.210. The monoisotopic (exact) mass is 788 g/mol. The first-order valence-electron chi connectivity index (χ1n) is 18.7. The highest BCUT2D eigenvalue weighted by Gasteiger charge is 2.77. The molecule has 1 saturated carbocycles. The van der Waals surface area contributed by atoms with Gasteiger partial charge in [0.15, 0.2) is 17.7 Å². The average molecular weight is 789 g/mol. The molecule has 55 heavy (non-hydrogen) atoms. The van der Waals surface area contributed by atoms with Gasteiger partial charge in [-0.3, -0.25) is 9.59 Å². The number of carbonyl (C=O) groups is 2. The summed E-state index contributed by atoms with van der Waals surface area (Å²) in [5.41, 5.74) is -2.37. The third kappa shape index (κ3) is 5.43. The zero-order valence-corrected chi connectivity index (χ0v) is 31.6. The normalized spacial score (nSPS) is 37.8. The molecular weight excluding hydrogens is 745 g/mol. The maximum absolute atomic E-state index is 15.2. The Labute approximate surface area is 325 Å². The molecule has 290 valence electrons. The molecule has 2 aromatic carbocycles. The highest BCUT2D eigenvalue weighted by molar-refractivity contribution is 8.76. The van der Waals surface area contributed by atoms with E-state index in [9.17, 15) is 35.4 Å². The lowest BCUT2D eigenvalue weighted by atomic mass is 9.52. The predicted octanol–water partition coefficient (Wildman–Crippen LogP) is 3.21. The number of ether oxygens (including phenoxy) is 2. The second-order valence-electron chi connectivity index (χ2n) is 15.9. The zero-order chi connectivity index (χ0) is 38.3. The highest BCUT2D eigenvalue weighted by Crippen LogP contribution is 2.62. The Kier molecular flexibility index (Phi) is 9.09. The summed E-state index contributed by atoms with van der Waals surface area (Å²) < 4.78 is 13.2. The lowest BCUT2D eigenvalue weighted by molar-refractivity contribution is -0.447. The van der Waals surface area contributed by atoms with Crippen LogP contribution in [-0.4, -0.2) is 96.2 Å². The molecule has 0 aromatic heterocycles. The number of Topliss-reactive ketones (excluding diaryl/α,β-unsaturated/α-hetero) is 2. The van der Waals surface area contributed by atoms with E-state index in [0.29, 0.717) is 43.7 Å². The molecule has 4 aliphatic heterocycles. The zero-order valence-electron chi connectivity index (χ0n) is 29.9. The van der Waals surface area contributed by atoms with Crippen LogP contribution in [0.5, 0.6) is 5.75 Å². The predicted molar refractivity (Wildman–Crippen MR) is 205 cm³/mol. The summed E-state index contributed by atoms with van der Waals surface area (Å²) in [4.78, 5) is 30.0. The summed E-state index contributed by atoms with van der Waals surface area (Å²) in [5, 5.41) is 76.1. The maximum Gasteiger partial charge on any atom is 0.240 e. The minimum Gasteiger partial charge on any atom is -0.511 e. The van der Waals surface area contributed by atoms with Crippen molar-refractivity contribution in [2.45, 2.75) is 67.9 Å². The number of allylic oxidation sites excluding steroid dienone is 6. The van der Waals surface area contributed by atoms with Gasteiger partial charge >= 0.3 is 0 Å². The van der Waals surface area contributed by atoms with Crippen molar-refractivity contribution in [3.05, 3.63) is 112 Å². The smallest absolute Gasteiger partial charge is 0.240 e. The first-order chi connectivity index (χ1) is 26.5. The third-order valence-electron chi connectivity index (χ3n) is 13.0. The minimum absolute atomic E-state index is 0.0410. The van der Waals surface area contributed by atoms with Crippen LogP contribution in [-0.2, 0) is 17.8 Å². The fourth-order valence-electron chi connectivity index (χ4n) is 10.2. The number of dihydropyridines is 1. The molecule has 0 unspecified atom stereocenters. The van der Waals surface area contributed by atoms with Gasteiger partial charge < -0.3 is 50.7 Å². The number of aliphatic hydroxyl groups excluding tert-OH is 5. The van der Waals surface area contributed by atoms with Crippen molar-refractivity contribution in [1.82, 2.24) is 10.6 Å². The van der Waals surface area contributed by atoms with Gasteiger partial charge in [0.05, 0.1) is 36.4 Å². The molecule has 2 aromatic rings. The van der Waals surface area contributed by atoms with Crippen molar-refractivity contribution in [3.63, 3.8) is 0 Å². The van der Waals surface area contributed by atoms with Crippen molar-refractivity contribution in [1.29, 1.82) is 0 Å². The number of fused-ring (bicyclic) bond motifs is 1. The number of aliphatic hydroxyl groups is 6. The van der Waals surface area contributed by atoms with Crippen molar-refractivity contribution in [2.24, 2.45) is 23.2 Å². The van der Waals surface area contributed by atoms with E-state index in [2.05, 4.69) is 10.6 Å². The van der Waals surface area contributed by atoms with E-state index in [1.165, 1.54) is 27.7 Å². The van der Waals surface area contributed by atoms with Crippen molar-refractivity contribution in [3.8, 4) is 5.75 Å². The largest absolute Gasteiger partial charge is 0.511 e. The number of hydrogen-bond acceptors (Lipinski definition) is 14. The number of benzene rings is 2. The van der Waals surface area contributed by atoms with E-state index in [0.717, 1.165) is 22.5 Å². The molecular formula is C41H44N2O10S2. The van der Waals surface area contributed by atoms with Crippen LogP contribution in [0.1, 0.15) is 57.5 Å². The van der Waals surface area contributed by atoms with Crippen LogP contribution in [0, 0.1) is 23.2 Å². The molecule has 2 saturated heterocycles. The molecule has 0 amide bonds. The lowest BCUT2D eigenvalue weighted by Crippen LogP contribution is -2.85. The first-order valence-corrected chi connectivity index (χ1v) is 21.2. The summed E-state index contributed by atoms with van der Waals surface area (Å²) >= 11 is 0. The van der Waals surface area contributed by atoms with E-state index in [1.807, 2.05) is 36.4 Å². The van der Waals surface area contributed by atoms with Crippen LogP contribution >= 0.6 is 21.6 Å². The van der Waals surface area contributed by atoms with Gasteiger partial charge in [0.2, 0.25) is 5.79 Å². The first kappa shape index (κ1) is 37.0. The summed E-state index contributed by atoms with van der Waals surface area (Å²) in [7, 11) is 2.80. The number of ketones is 2. The summed E-state index contributed by atoms with van der Waals surface area (Å²) in [6, 6.07) is 12.0. The molecule has 14 heteroatoms. The van der Waals surface area contributed by atoms with E-state index in [4.69, 9.17) is 9.47 Å². The number of nitrogens with one attached hydrogen (secondary N) is 2. The van der Waals surface area contributed by atoms with Gasteiger partial charge in [-0.05, 0) is 78.0 Å². The average Bonchev–Trinajstić information content (AvgIpc) is 3.19. The highest BCUT2D eigenvalue weighted by atomic mass is 33.1. The van der Waals surface area contributed by atoms with Crippen LogP contribution in [0.15, 0.2) is 89.5 Å². The molecule has 9 rings (SSSR count). The topological polar surface area (TPSA) is 198 Å². The molecule has 3 aliphatic carbocycles. The Morgan fingerprint density at radius 3 is 2.60 bits per heavy atom. The summed E-state index contributed by atoms with van der Waals surface area (Å²) in [6.07, 6.45) is 5.30. The molecule has 4 heterocycles. The van der Waals surface area contributed by atoms with Crippen molar-refractivity contribution < 1.29 is 49.7 Å². The molecule has 9 atom stereocenters. The SMILES string of the molecule is O=C1c2cccc3c2C(=O)[C@]2(CSSCNC4=CC(=CCN4)C[C@H]4C[C@H]5CC[C@@]6(O3)O[C@]5(CO)[C@@H](O)[C@]4(O)[C@H]6O)C(O)=CC(Cc3cccc(CO)c3)=C[C@H]12. The van der Waals surface area contributed by atoms with Gasteiger partial charge in [-0.15, -0.1) is 0 Å². The third-order valence-corrected chi connectivity index (χ3v) is 15.3. The van der Waals surface area contributed by atoms with Gasteiger partial charge in [-0.2, -0.15) is 0 Å². The van der Waals surface area contributed by atoms with E-state index < -0.39 is 58.8 Å². The fraction of sp³-hybridized carbons (Fsp3) is 0.463. The molecule has 7 bridgehead atoms. The van der Waals surface area contributed by atoms with Crippen LogP contribution < -0.4 is 15.4 Å². The Morgan fingerprint density at radius 2 is 1.78 bits per heavy atom.